The highest BCUT2D eigenvalue weighted by Gasteiger charge is 2.59. The van der Waals surface area contributed by atoms with Gasteiger partial charge in [0.05, 0.1) is 7.11 Å². The Labute approximate surface area is 188 Å². The minimum Gasteiger partial charge on any atom is -0.469 e. The van der Waals surface area contributed by atoms with Crippen LogP contribution in [0.2, 0.25) is 0 Å². The molecule has 0 aliphatic heterocycles. The molecule has 0 bridgehead atoms. The summed E-state index contributed by atoms with van der Waals surface area (Å²) in [5.74, 6) is 3.85. The average Bonchev–Trinajstić information content (AvgIpc) is 3.09. The van der Waals surface area contributed by atoms with E-state index in [9.17, 15) is 9.59 Å². The van der Waals surface area contributed by atoms with E-state index >= 15 is 0 Å². The van der Waals surface area contributed by atoms with Gasteiger partial charge in [0, 0.05) is 13.3 Å². The number of carbonyl (C=O) groups is 2. The van der Waals surface area contributed by atoms with Gasteiger partial charge in [-0.1, -0.05) is 32.9 Å². The summed E-state index contributed by atoms with van der Waals surface area (Å²) in [6.45, 7) is 8.91. The molecule has 9 atom stereocenters. The Kier molecular flexibility index (Phi) is 6.31. The van der Waals surface area contributed by atoms with Gasteiger partial charge in [0.2, 0.25) is 0 Å². The zero-order valence-corrected chi connectivity index (χ0v) is 20.2. The van der Waals surface area contributed by atoms with E-state index in [1.807, 2.05) is 0 Å². The highest BCUT2D eigenvalue weighted by atomic mass is 16.5. The van der Waals surface area contributed by atoms with Crippen LogP contribution < -0.4 is 0 Å². The minimum atomic E-state index is -0.131. The van der Waals surface area contributed by atoms with Crippen LogP contribution in [0, 0.1) is 46.3 Å². The predicted octanol–water partition coefficient (Wildman–Crippen LogP) is 5.94. The van der Waals surface area contributed by atoms with Crippen LogP contribution in [0.5, 0.6) is 0 Å². The standard InChI is InChI=1S/C27H42O4/c1-17(6-11-25(29)30-5)22-9-10-23-21-8-7-19-16-20(31-18(2)28)12-14-26(19,3)24(21)13-15-27(22,23)4/h13,15,17,19-24H,6-12,14,16H2,1-5H3/t17-,19+,20-,21-,22+,23-,24-,26-,27+/m0/s1. The normalized spacial score (nSPS) is 44.5. The minimum absolute atomic E-state index is 0.0820. The molecule has 0 aromatic carbocycles. The highest BCUT2D eigenvalue weighted by molar-refractivity contribution is 5.69. The molecule has 4 nitrogen and oxygen atoms in total. The molecule has 0 radical (unpaired) electrons. The molecule has 4 rings (SSSR count). The maximum absolute atomic E-state index is 11.7. The fraction of sp³-hybridized carbons (Fsp3) is 0.852. The first-order valence-electron chi connectivity index (χ1n) is 12.6. The Balaban J connectivity index is 1.50. The van der Waals surface area contributed by atoms with E-state index in [4.69, 9.17) is 9.47 Å². The van der Waals surface area contributed by atoms with Crippen LogP contribution in [0.25, 0.3) is 0 Å². The number of hydrogen-bond acceptors (Lipinski definition) is 4. The van der Waals surface area contributed by atoms with Crippen molar-refractivity contribution < 1.29 is 19.1 Å². The highest BCUT2D eigenvalue weighted by Crippen LogP contribution is 2.66. The number of ether oxygens (including phenoxy) is 2. The molecule has 3 saturated carbocycles. The van der Waals surface area contributed by atoms with E-state index in [1.165, 1.54) is 46.1 Å². The zero-order chi connectivity index (χ0) is 22.4. The first kappa shape index (κ1) is 22.9. The maximum atomic E-state index is 11.7. The van der Waals surface area contributed by atoms with Crippen LogP contribution in [0.3, 0.4) is 0 Å². The SMILES string of the molecule is COC(=O)CC[C@H](C)[C@H]1CC[C@H]2[C@@H]3CC[C@@H]4C[C@@H](OC(C)=O)CC[C@]4(C)[C@H]3C=C[C@]12C. The van der Waals surface area contributed by atoms with Gasteiger partial charge in [0.1, 0.15) is 6.10 Å². The third kappa shape index (κ3) is 3.97. The summed E-state index contributed by atoms with van der Waals surface area (Å²) < 4.78 is 10.5. The molecule has 0 spiro atoms. The lowest BCUT2D eigenvalue weighted by molar-refractivity contribution is -0.154. The molecule has 0 N–H and O–H groups in total. The molecule has 4 heteroatoms. The number of methoxy groups -OCH3 is 1. The van der Waals surface area contributed by atoms with E-state index in [0.29, 0.717) is 35.5 Å². The van der Waals surface area contributed by atoms with Crippen molar-refractivity contribution in [3.63, 3.8) is 0 Å². The molecule has 0 aromatic heterocycles. The molecule has 174 valence electrons. The second kappa shape index (κ2) is 8.56. The van der Waals surface area contributed by atoms with Crippen LogP contribution in [0.4, 0.5) is 0 Å². The van der Waals surface area contributed by atoms with Crippen molar-refractivity contribution in [1.82, 2.24) is 0 Å². The third-order valence-electron chi connectivity index (χ3n) is 10.2. The fourth-order valence-corrected chi connectivity index (χ4v) is 8.52. The lowest BCUT2D eigenvalue weighted by Gasteiger charge is -2.59. The second-order valence-electron chi connectivity index (χ2n) is 11.6. The van der Waals surface area contributed by atoms with E-state index in [-0.39, 0.29) is 23.5 Å². The van der Waals surface area contributed by atoms with Crippen molar-refractivity contribution in [2.45, 2.75) is 91.6 Å². The van der Waals surface area contributed by atoms with Gasteiger partial charge in [-0.25, -0.2) is 0 Å². The summed E-state index contributed by atoms with van der Waals surface area (Å²) in [6.07, 6.45) is 15.2. The summed E-state index contributed by atoms with van der Waals surface area (Å²) in [6, 6.07) is 0. The van der Waals surface area contributed by atoms with E-state index in [0.717, 1.165) is 31.1 Å². The molecule has 0 unspecified atom stereocenters. The molecule has 4 aliphatic rings. The van der Waals surface area contributed by atoms with Crippen LogP contribution in [0.15, 0.2) is 12.2 Å². The first-order valence-corrected chi connectivity index (χ1v) is 12.6. The third-order valence-corrected chi connectivity index (χ3v) is 10.2. The van der Waals surface area contributed by atoms with Gasteiger partial charge < -0.3 is 9.47 Å². The van der Waals surface area contributed by atoms with Gasteiger partial charge in [0.15, 0.2) is 0 Å². The Hall–Kier alpha value is -1.32. The molecular weight excluding hydrogens is 388 g/mol. The van der Waals surface area contributed by atoms with Crippen molar-refractivity contribution in [3.05, 3.63) is 12.2 Å². The smallest absolute Gasteiger partial charge is 0.305 e. The van der Waals surface area contributed by atoms with Crippen molar-refractivity contribution in [2.24, 2.45) is 46.3 Å². The lowest BCUT2D eigenvalue weighted by atomic mass is 9.46. The quantitative estimate of drug-likeness (QED) is 0.400. The van der Waals surface area contributed by atoms with Gasteiger partial charge in [-0.3, -0.25) is 9.59 Å². The number of fused-ring (bicyclic) bond motifs is 5. The van der Waals surface area contributed by atoms with E-state index in [2.05, 4.69) is 32.9 Å². The van der Waals surface area contributed by atoms with Crippen molar-refractivity contribution in [1.29, 1.82) is 0 Å². The summed E-state index contributed by atoms with van der Waals surface area (Å²) in [4.78, 5) is 23.1. The molecule has 4 aliphatic carbocycles. The number of carbonyl (C=O) groups excluding carboxylic acids is 2. The number of hydrogen-bond donors (Lipinski definition) is 0. The number of esters is 2. The average molecular weight is 431 g/mol. The van der Waals surface area contributed by atoms with Gasteiger partial charge in [-0.15, -0.1) is 0 Å². The van der Waals surface area contributed by atoms with Gasteiger partial charge >= 0.3 is 11.9 Å². The van der Waals surface area contributed by atoms with Crippen molar-refractivity contribution in [2.75, 3.05) is 7.11 Å². The number of allylic oxidation sites excluding steroid dienone is 2. The Bertz CT molecular complexity index is 729. The predicted molar refractivity (Wildman–Crippen MR) is 121 cm³/mol. The molecule has 0 heterocycles. The second-order valence-corrected chi connectivity index (χ2v) is 11.6. The monoisotopic (exact) mass is 430 g/mol. The zero-order valence-electron chi connectivity index (χ0n) is 20.2. The maximum Gasteiger partial charge on any atom is 0.305 e. The van der Waals surface area contributed by atoms with Crippen molar-refractivity contribution in [3.8, 4) is 0 Å². The van der Waals surface area contributed by atoms with Crippen LogP contribution in [-0.4, -0.2) is 25.2 Å². The first-order chi connectivity index (χ1) is 14.7. The lowest BCUT2D eigenvalue weighted by Crippen LogP contribution is -2.52. The van der Waals surface area contributed by atoms with E-state index in [1.54, 1.807) is 0 Å². The van der Waals surface area contributed by atoms with Crippen molar-refractivity contribution >= 4 is 11.9 Å². The summed E-state index contributed by atoms with van der Waals surface area (Å²) in [7, 11) is 1.49. The molecule has 0 amide bonds. The summed E-state index contributed by atoms with van der Waals surface area (Å²) in [5, 5.41) is 0. The summed E-state index contributed by atoms with van der Waals surface area (Å²) >= 11 is 0. The van der Waals surface area contributed by atoms with Gasteiger partial charge in [-0.2, -0.15) is 0 Å². The molecular formula is C27H42O4. The largest absolute Gasteiger partial charge is 0.469 e. The Morgan fingerprint density at radius 2 is 1.90 bits per heavy atom. The van der Waals surface area contributed by atoms with E-state index < -0.39 is 0 Å². The molecule has 0 saturated heterocycles. The van der Waals surface area contributed by atoms with Gasteiger partial charge in [-0.05, 0) is 97.7 Å². The van der Waals surface area contributed by atoms with Crippen LogP contribution in [0.1, 0.15) is 85.5 Å². The fourth-order valence-electron chi connectivity index (χ4n) is 8.52. The molecule has 31 heavy (non-hydrogen) atoms. The Morgan fingerprint density at radius 1 is 1.13 bits per heavy atom. The summed E-state index contributed by atoms with van der Waals surface area (Å²) in [5.41, 5.74) is 0.598. The number of rotatable bonds is 5. The van der Waals surface area contributed by atoms with Crippen LogP contribution >= 0.6 is 0 Å². The van der Waals surface area contributed by atoms with Crippen LogP contribution in [-0.2, 0) is 19.1 Å². The molecule has 0 aromatic rings. The topological polar surface area (TPSA) is 52.6 Å². The Morgan fingerprint density at radius 3 is 2.61 bits per heavy atom. The van der Waals surface area contributed by atoms with Gasteiger partial charge in [0.25, 0.3) is 0 Å². The molecule has 3 fully saturated rings.